The first-order chi connectivity index (χ1) is 10.9. The lowest BCUT2D eigenvalue weighted by Gasteiger charge is -2.08. The summed E-state index contributed by atoms with van der Waals surface area (Å²) in [6.45, 7) is 3.99. The maximum atomic E-state index is 12.6. The van der Waals surface area contributed by atoms with Crippen LogP contribution in [0.15, 0.2) is 28.2 Å². The number of halogens is 2. The van der Waals surface area contributed by atoms with Crippen LogP contribution in [0, 0.1) is 13.8 Å². The lowest BCUT2D eigenvalue weighted by Crippen LogP contribution is -2.19. The zero-order valence-electron chi connectivity index (χ0n) is 12.8. The number of thioether (sulfide) groups is 1. The van der Waals surface area contributed by atoms with Gasteiger partial charge in [0.15, 0.2) is 5.16 Å². The van der Waals surface area contributed by atoms with E-state index in [0.717, 1.165) is 26.2 Å². The molecule has 3 rings (SSSR count). The van der Waals surface area contributed by atoms with Gasteiger partial charge in [0.1, 0.15) is 4.83 Å². The molecule has 0 saturated carbocycles. The van der Waals surface area contributed by atoms with E-state index >= 15 is 0 Å². The predicted octanol–water partition coefficient (Wildman–Crippen LogP) is 5.21. The smallest absolute Gasteiger partial charge is 0.262 e. The average Bonchev–Trinajstić information content (AvgIpc) is 2.80. The summed E-state index contributed by atoms with van der Waals surface area (Å²) in [4.78, 5) is 19.2. The minimum Gasteiger partial charge on any atom is -0.290 e. The van der Waals surface area contributed by atoms with Crippen LogP contribution in [0.4, 0.5) is 0 Å². The molecule has 0 radical (unpaired) electrons. The van der Waals surface area contributed by atoms with Crippen LogP contribution in [0.25, 0.3) is 10.2 Å². The molecule has 2 aromatic heterocycles. The third-order valence-electron chi connectivity index (χ3n) is 3.72. The van der Waals surface area contributed by atoms with Crippen LogP contribution in [-0.4, -0.2) is 9.55 Å². The molecule has 0 unspecified atom stereocenters. The van der Waals surface area contributed by atoms with Gasteiger partial charge in [0.25, 0.3) is 5.56 Å². The molecule has 3 aromatic rings. The third-order valence-corrected chi connectivity index (χ3v) is 6.66. The van der Waals surface area contributed by atoms with Gasteiger partial charge in [-0.25, -0.2) is 4.98 Å². The van der Waals surface area contributed by atoms with E-state index in [1.165, 1.54) is 11.8 Å². The minimum absolute atomic E-state index is 0.00786. The maximum absolute atomic E-state index is 12.6. The molecular formula is C16H14Cl2N2OS2. The molecule has 0 fully saturated rings. The van der Waals surface area contributed by atoms with E-state index < -0.39 is 0 Å². The number of benzene rings is 1. The third kappa shape index (κ3) is 3.15. The van der Waals surface area contributed by atoms with E-state index in [1.54, 1.807) is 29.0 Å². The van der Waals surface area contributed by atoms with Crippen molar-refractivity contribution in [2.24, 2.45) is 7.05 Å². The Morgan fingerprint density at radius 2 is 2.00 bits per heavy atom. The zero-order chi connectivity index (χ0) is 16.7. The molecule has 0 bridgehead atoms. The fraction of sp³-hybridized carbons (Fsp3) is 0.250. The van der Waals surface area contributed by atoms with Crippen molar-refractivity contribution in [2.45, 2.75) is 24.8 Å². The standard InChI is InChI=1S/C16H14Cl2N2OS2/c1-8-9(2)23-14-13(8)15(21)20(3)16(19-14)22-7-10-4-5-11(17)12(18)6-10/h4-6H,7H2,1-3H3. The Morgan fingerprint density at radius 1 is 1.26 bits per heavy atom. The van der Waals surface area contributed by atoms with Crippen molar-refractivity contribution >= 4 is 56.5 Å². The lowest BCUT2D eigenvalue weighted by atomic mass is 10.2. The van der Waals surface area contributed by atoms with Crippen molar-refractivity contribution < 1.29 is 0 Å². The highest BCUT2D eigenvalue weighted by atomic mass is 35.5. The van der Waals surface area contributed by atoms with Gasteiger partial charge in [-0.05, 0) is 37.1 Å². The Hall–Kier alpha value is -1.01. The number of thiophene rings is 1. The molecule has 23 heavy (non-hydrogen) atoms. The molecule has 0 saturated heterocycles. The fourth-order valence-electron chi connectivity index (χ4n) is 2.26. The van der Waals surface area contributed by atoms with Crippen LogP contribution in [-0.2, 0) is 12.8 Å². The van der Waals surface area contributed by atoms with Crippen molar-refractivity contribution in [1.29, 1.82) is 0 Å². The zero-order valence-corrected chi connectivity index (χ0v) is 16.0. The van der Waals surface area contributed by atoms with Gasteiger partial charge in [0, 0.05) is 17.7 Å². The summed E-state index contributed by atoms with van der Waals surface area (Å²) in [5, 5.41) is 2.51. The van der Waals surface area contributed by atoms with Crippen LogP contribution in [0.2, 0.25) is 10.0 Å². The van der Waals surface area contributed by atoms with E-state index in [1.807, 2.05) is 26.0 Å². The molecule has 1 aromatic carbocycles. The first kappa shape index (κ1) is 16.8. The molecule has 120 valence electrons. The maximum Gasteiger partial charge on any atom is 0.262 e. The second-order valence-corrected chi connectivity index (χ2v) is 8.22. The first-order valence-electron chi connectivity index (χ1n) is 6.92. The molecule has 7 heteroatoms. The molecule has 0 N–H and O–H groups in total. The summed E-state index contributed by atoms with van der Waals surface area (Å²) in [5.41, 5.74) is 2.07. The summed E-state index contributed by atoms with van der Waals surface area (Å²) >= 11 is 15.1. The topological polar surface area (TPSA) is 34.9 Å². The van der Waals surface area contributed by atoms with Gasteiger partial charge in [-0.2, -0.15) is 0 Å². The summed E-state index contributed by atoms with van der Waals surface area (Å²) in [7, 11) is 1.76. The Balaban J connectivity index is 1.95. The number of hydrogen-bond acceptors (Lipinski definition) is 4. The quantitative estimate of drug-likeness (QED) is 0.459. The number of aromatic nitrogens is 2. The average molecular weight is 385 g/mol. The van der Waals surface area contributed by atoms with Crippen LogP contribution >= 0.6 is 46.3 Å². The summed E-state index contributed by atoms with van der Waals surface area (Å²) in [5.74, 6) is 0.673. The number of hydrogen-bond donors (Lipinski definition) is 0. The Morgan fingerprint density at radius 3 is 2.70 bits per heavy atom. The molecule has 0 aliphatic carbocycles. The monoisotopic (exact) mass is 384 g/mol. The van der Waals surface area contributed by atoms with E-state index in [9.17, 15) is 4.79 Å². The Bertz CT molecular complexity index is 963. The van der Waals surface area contributed by atoms with E-state index in [2.05, 4.69) is 4.98 Å². The molecule has 0 amide bonds. The molecule has 0 aliphatic rings. The Labute approximate surface area is 152 Å². The lowest BCUT2D eigenvalue weighted by molar-refractivity contribution is 0.727. The van der Waals surface area contributed by atoms with Gasteiger partial charge in [0.05, 0.1) is 15.4 Å². The normalized spacial score (nSPS) is 11.3. The first-order valence-corrected chi connectivity index (χ1v) is 9.47. The van der Waals surface area contributed by atoms with E-state index in [0.29, 0.717) is 21.0 Å². The highest BCUT2D eigenvalue weighted by molar-refractivity contribution is 7.98. The second-order valence-electron chi connectivity index (χ2n) is 5.26. The Kier molecular flexibility index (Phi) is 4.74. The van der Waals surface area contributed by atoms with Crippen LogP contribution < -0.4 is 5.56 Å². The van der Waals surface area contributed by atoms with E-state index in [4.69, 9.17) is 23.2 Å². The molecule has 0 aliphatic heterocycles. The van der Waals surface area contributed by atoms with E-state index in [-0.39, 0.29) is 5.56 Å². The van der Waals surface area contributed by atoms with Gasteiger partial charge < -0.3 is 0 Å². The van der Waals surface area contributed by atoms with Crippen molar-refractivity contribution in [2.75, 3.05) is 0 Å². The molecule has 0 atom stereocenters. The predicted molar refractivity (Wildman–Crippen MR) is 100 cm³/mol. The number of fused-ring (bicyclic) bond motifs is 1. The number of nitrogens with zero attached hydrogens (tertiary/aromatic N) is 2. The molecule has 2 heterocycles. The summed E-state index contributed by atoms with van der Waals surface area (Å²) in [6.07, 6.45) is 0. The SMILES string of the molecule is Cc1sc2nc(SCc3ccc(Cl)c(Cl)c3)n(C)c(=O)c2c1C. The number of rotatable bonds is 3. The van der Waals surface area contributed by atoms with Gasteiger partial charge >= 0.3 is 0 Å². The fourth-order valence-corrected chi connectivity index (χ4v) is 4.57. The minimum atomic E-state index is 0.00786. The van der Waals surface area contributed by atoms with Gasteiger partial charge in [-0.15, -0.1) is 11.3 Å². The second kappa shape index (κ2) is 6.48. The van der Waals surface area contributed by atoms with Gasteiger partial charge in [-0.1, -0.05) is 41.0 Å². The highest BCUT2D eigenvalue weighted by Crippen LogP contribution is 2.30. The summed E-state index contributed by atoms with van der Waals surface area (Å²) < 4.78 is 1.61. The highest BCUT2D eigenvalue weighted by Gasteiger charge is 2.15. The van der Waals surface area contributed by atoms with Crippen LogP contribution in [0.5, 0.6) is 0 Å². The van der Waals surface area contributed by atoms with Crippen LogP contribution in [0.3, 0.4) is 0 Å². The van der Waals surface area contributed by atoms with Crippen molar-refractivity contribution in [3.63, 3.8) is 0 Å². The molecular weight excluding hydrogens is 371 g/mol. The molecule has 0 spiro atoms. The number of aryl methyl sites for hydroxylation is 2. The van der Waals surface area contributed by atoms with Crippen molar-refractivity contribution in [3.8, 4) is 0 Å². The van der Waals surface area contributed by atoms with Crippen LogP contribution in [0.1, 0.15) is 16.0 Å². The van der Waals surface area contributed by atoms with Crippen molar-refractivity contribution in [3.05, 3.63) is 54.6 Å². The van der Waals surface area contributed by atoms with Gasteiger partial charge in [0.2, 0.25) is 0 Å². The molecule has 3 nitrogen and oxygen atoms in total. The van der Waals surface area contributed by atoms with Gasteiger partial charge in [-0.3, -0.25) is 9.36 Å². The summed E-state index contributed by atoms with van der Waals surface area (Å²) in [6, 6.07) is 5.55. The van der Waals surface area contributed by atoms with Crippen molar-refractivity contribution in [1.82, 2.24) is 9.55 Å². The largest absolute Gasteiger partial charge is 0.290 e.